The number of aliphatic hydroxyl groups excluding tert-OH is 1. The van der Waals surface area contributed by atoms with E-state index >= 15 is 0 Å². The summed E-state index contributed by atoms with van der Waals surface area (Å²) in [4.78, 5) is 0. The average Bonchev–Trinajstić information content (AvgIpc) is 2.88. The van der Waals surface area contributed by atoms with Crippen LogP contribution in [0.2, 0.25) is 0 Å². The minimum absolute atomic E-state index is 0.306. The van der Waals surface area contributed by atoms with Gasteiger partial charge < -0.3 is 15.6 Å². The smallest absolute Gasteiger partial charge is 0.0881 e. The van der Waals surface area contributed by atoms with Gasteiger partial charge in [-0.2, -0.15) is 0 Å². The molecule has 2 rings (SSSR count). The Bertz CT molecular complexity index is 394. The first kappa shape index (κ1) is 14.5. The normalized spacial score (nSPS) is 24.9. The highest BCUT2D eigenvalue weighted by Gasteiger charge is 2.41. The van der Waals surface area contributed by atoms with E-state index in [1.807, 2.05) is 12.1 Å². The van der Waals surface area contributed by atoms with Crippen LogP contribution in [0.15, 0.2) is 24.3 Å². The standard InChI is InChI=1S/C16H25NO2/c1-12(2)9-13-3-5-14(6-4-13)15(18)16(10-17)7-8-19-11-16/h3-6,12,15,18H,7-11,17H2,1-2H3. The molecule has 0 radical (unpaired) electrons. The Kier molecular flexibility index (Phi) is 4.61. The second kappa shape index (κ2) is 6.04. The highest BCUT2D eigenvalue weighted by Crippen LogP contribution is 2.40. The number of ether oxygens (including phenoxy) is 1. The molecule has 3 heteroatoms. The summed E-state index contributed by atoms with van der Waals surface area (Å²) < 4.78 is 5.43. The molecule has 106 valence electrons. The summed E-state index contributed by atoms with van der Waals surface area (Å²) in [6.45, 7) is 6.13. The van der Waals surface area contributed by atoms with Crippen LogP contribution in [0.25, 0.3) is 0 Å². The first-order chi connectivity index (χ1) is 9.07. The van der Waals surface area contributed by atoms with E-state index in [1.54, 1.807) is 0 Å². The molecule has 0 aliphatic carbocycles. The van der Waals surface area contributed by atoms with Crippen LogP contribution in [0.4, 0.5) is 0 Å². The zero-order valence-corrected chi connectivity index (χ0v) is 11.9. The van der Waals surface area contributed by atoms with Gasteiger partial charge in [0.1, 0.15) is 0 Å². The van der Waals surface area contributed by atoms with Crippen LogP contribution in [0, 0.1) is 11.3 Å². The fourth-order valence-electron chi connectivity index (χ4n) is 2.77. The molecule has 2 unspecified atom stereocenters. The SMILES string of the molecule is CC(C)Cc1ccc(C(O)C2(CN)CCOC2)cc1. The summed E-state index contributed by atoms with van der Waals surface area (Å²) in [5.41, 5.74) is 7.82. The molecule has 1 fully saturated rings. The molecule has 19 heavy (non-hydrogen) atoms. The van der Waals surface area contributed by atoms with Crippen molar-refractivity contribution in [2.24, 2.45) is 17.1 Å². The molecule has 1 aliphatic rings. The lowest BCUT2D eigenvalue weighted by Crippen LogP contribution is -2.37. The van der Waals surface area contributed by atoms with Crippen LogP contribution in [0.3, 0.4) is 0 Å². The number of hydrogen-bond donors (Lipinski definition) is 2. The van der Waals surface area contributed by atoms with Gasteiger partial charge >= 0.3 is 0 Å². The summed E-state index contributed by atoms with van der Waals surface area (Å²) in [5, 5.41) is 10.6. The Morgan fingerprint density at radius 2 is 2.00 bits per heavy atom. The number of aliphatic hydroxyl groups is 1. The maximum absolute atomic E-state index is 10.6. The first-order valence-corrected chi connectivity index (χ1v) is 7.12. The fraction of sp³-hybridized carbons (Fsp3) is 0.625. The third-order valence-electron chi connectivity index (χ3n) is 4.06. The minimum atomic E-state index is -0.534. The molecule has 1 heterocycles. The van der Waals surface area contributed by atoms with Crippen LogP contribution >= 0.6 is 0 Å². The second-order valence-electron chi connectivity index (χ2n) is 6.11. The first-order valence-electron chi connectivity index (χ1n) is 7.12. The largest absolute Gasteiger partial charge is 0.388 e. The van der Waals surface area contributed by atoms with E-state index in [4.69, 9.17) is 10.5 Å². The summed E-state index contributed by atoms with van der Waals surface area (Å²) in [5.74, 6) is 0.648. The van der Waals surface area contributed by atoms with Crippen molar-refractivity contribution in [3.05, 3.63) is 35.4 Å². The van der Waals surface area contributed by atoms with Gasteiger partial charge in [-0.3, -0.25) is 0 Å². The molecule has 0 aromatic heterocycles. The Hall–Kier alpha value is -0.900. The molecule has 1 aromatic rings. The molecule has 1 saturated heterocycles. The van der Waals surface area contributed by atoms with Crippen LogP contribution in [-0.4, -0.2) is 24.9 Å². The van der Waals surface area contributed by atoms with Gasteiger partial charge in [-0.05, 0) is 29.9 Å². The molecular weight excluding hydrogens is 238 g/mol. The maximum Gasteiger partial charge on any atom is 0.0881 e. The lowest BCUT2D eigenvalue weighted by atomic mass is 9.78. The Labute approximate surface area is 115 Å². The van der Waals surface area contributed by atoms with Gasteiger partial charge in [-0.15, -0.1) is 0 Å². The van der Waals surface area contributed by atoms with Gasteiger partial charge in [-0.25, -0.2) is 0 Å². The van der Waals surface area contributed by atoms with Crippen molar-refractivity contribution in [1.29, 1.82) is 0 Å². The molecule has 1 aromatic carbocycles. The van der Waals surface area contributed by atoms with Crippen molar-refractivity contribution in [1.82, 2.24) is 0 Å². The van der Waals surface area contributed by atoms with Gasteiger partial charge in [0.2, 0.25) is 0 Å². The molecule has 3 N–H and O–H groups in total. The molecule has 0 amide bonds. The van der Waals surface area contributed by atoms with Gasteiger partial charge in [-0.1, -0.05) is 38.1 Å². The van der Waals surface area contributed by atoms with E-state index in [2.05, 4.69) is 26.0 Å². The number of benzene rings is 1. The predicted octanol–water partition coefficient (Wildman–Crippen LogP) is 2.28. The zero-order valence-electron chi connectivity index (χ0n) is 11.9. The highest BCUT2D eigenvalue weighted by molar-refractivity contribution is 5.26. The van der Waals surface area contributed by atoms with Crippen molar-refractivity contribution < 1.29 is 9.84 Å². The molecular formula is C16H25NO2. The quantitative estimate of drug-likeness (QED) is 0.857. The van der Waals surface area contributed by atoms with Gasteiger partial charge in [0.05, 0.1) is 12.7 Å². The number of nitrogens with two attached hydrogens (primary N) is 1. The van der Waals surface area contributed by atoms with E-state index in [0.717, 1.165) is 18.4 Å². The highest BCUT2D eigenvalue weighted by atomic mass is 16.5. The van der Waals surface area contributed by atoms with Crippen molar-refractivity contribution in [2.45, 2.75) is 32.8 Å². The Morgan fingerprint density at radius 3 is 2.47 bits per heavy atom. The van der Waals surface area contributed by atoms with Gasteiger partial charge in [0.15, 0.2) is 0 Å². The summed E-state index contributed by atoms with van der Waals surface area (Å²) in [6, 6.07) is 8.27. The lowest BCUT2D eigenvalue weighted by molar-refractivity contribution is 0.0191. The Balaban J connectivity index is 2.12. The van der Waals surface area contributed by atoms with E-state index in [-0.39, 0.29) is 5.41 Å². The summed E-state index contributed by atoms with van der Waals surface area (Å²) in [7, 11) is 0. The third-order valence-corrected chi connectivity index (χ3v) is 4.06. The maximum atomic E-state index is 10.6. The predicted molar refractivity (Wildman–Crippen MR) is 76.9 cm³/mol. The zero-order chi connectivity index (χ0) is 13.9. The van der Waals surface area contributed by atoms with Crippen LogP contribution < -0.4 is 5.73 Å². The fourth-order valence-corrected chi connectivity index (χ4v) is 2.77. The number of rotatable bonds is 5. The topological polar surface area (TPSA) is 55.5 Å². The van der Waals surface area contributed by atoms with Crippen molar-refractivity contribution >= 4 is 0 Å². The van der Waals surface area contributed by atoms with E-state index < -0.39 is 6.10 Å². The van der Waals surface area contributed by atoms with Crippen molar-refractivity contribution in [2.75, 3.05) is 19.8 Å². The monoisotopic (exact) mass is 263 g/mol. The van der Waals surface area contributed by atoms with Crippen LogP contribution in [-0.2, 0) is 11.2 Å². The second-order valence-corrected chi connectivity index (χ2v) is 6.11. The molecule has 3 nitrogen and oxygen atoms in total. The minimum Gasteiger partial charge on any atom is -0.388 e. The third kappa shape index (κ3) is 3.16. The van der Waals surface area contributed by atoms with Crippen molar-refractivity contribution in [3.63, 3.8) is 0 Å². The molecule has 0 saturated carbocycles. The number of hydrogen-bond acceptors (Lipinski definition) is 3. The van der Waals surface area contributed by atoms with Gasteiger partial charge in [0, 0.05) is 18.6 Å². The average molecular weight is 263 g/mol. The Morgan fingerprint density at radius 1 is 1.32 bits per heavy atom. The molecule has 0 spiro atoms. The lowest BCUT2D eigenvalue weighted by Gasteiger charge is -2.31. The van der Waals surface area contributed by atoms with E-state index in [1.165, 1.54) is 5.56 Å². The van der Waals surface area contributed by atoms with Crippen molar-refractivity contribution in [3.8, 4) is 0 Å². The molecule has 2 atom stereocenters. The van der Waals surface area contributed by atoms with E-state index in [0.29, 0.717) is 25.7 Å². The summed E-state index contributed by atoms with van der Waals surface area (Å²) >= 11 is 0. The van der Waals surface area contributed by atoms with Crippen LogP contribution in [0.5, 0.6) is 0 Å². The van der Waals surface area contributed by atoms with Crippen LogP contribution in [0.1, 0.15) is 37.5 Å². The van der Waals surface area contributed by atoms with Gasteiger partial charge in [0.25, 0.3) is 0 Å². The molecule has 1 aliphatic heterocycles. The van der Waals surface area contributed by atoms with E-state index in [9.17, 15) is 5.11 Å². The molecule has 0 bridgehead atoms. The summed E-state index contributed by atoms with van der Waals surface area (Å²) in [6.07, 6.45) is 1.37.